The van der Waals surface area contributed by atoms with Gasteiger partial charge in [0.05, 0.1) is 11.7 Å². The molecule has 1 N–H and O–H groups in total. The second-order valence-corrected chi connectivity index (χ2v) is 4.79. The summed E-state index contributed by atoms with van der Waals surface area (Å²) in [6.07, 6.45) is 0. The average molecular weight is 232 g/mol. The van der Waals surface area contributed by atoms with Crippen molar-refractivity contribution in [3.8, 4) is 11.3 Å². The Hall–Kier alpha value is -1.19. The Labute approximate surface area is 100 Å². The largest absolute Gasteiger partial charge is 0.311 e. The lowest BCUT2D eigenvalue weighted by atomic mass is 10.1. The van der Waals surface area contributed by atoms with Gasteiger partial charge in [-0.3, -0.25) is 0 Å². The van der Waals surface area contributed by atoms with Crippen LogP contribution in [0.4, 0.5) is 0 Å². The van der Waals surface area contributed by atoms with Gasteiger partial charge in [0.2, 0.25) is 0 Å². The molecule has 1 aromatic heterocycles. The van der Waals surface area contributed by atoms with E-state index in [9.17, 15) is 0 Å². The van der Waals surface area contributed by atoms with Gasteiger partial charge in [-0.05, 0) is 26.5 Å². The van der Waals surface area contributed by atoms with Crippen LogP contribution in [0, 0.1) is 6.92 Å². The lowest BCUT2D eigenvalue weighted by molar-refractivity contribution is 0.648. The Morgan fingerprint density at radius 1 is 1.31 bits per heavy atom. The second-order valence-electron chi connectivity index (χ2n) is 3.90. The summed E-state index contributed by atoms with van der Waals surface area (Å²) >= 11 is 1.71. The lowest BCUT2D eigenvalue weighted by Crippen LogP contribution is -2.11. The average Bonchev–Trinajstić information content (AvgIpc) is 2.78. The van der Waals surface area contributed by atoms with Crippen molar-refractivity contribution in [1.29, 1.82) is 0 Å². The summed E-state index contributed by atoms with van der Waals surface area (Å²) in [6.45, 7) is 4.25. The summed E-state index contributed by atoms with van der Waals surface area (Å²) in [7, 11) is 1.96. The molecule has 0 aliphatic heterocycles. The molecule has 1 atom stereocenters. The van der Waals surface area contributed by atoms with E-state index < -0.39 is 0 Å². The van der Waals surface area contributed by atoms with Gasteiger partial charge in [-0.2, -0.15) is 0 Å². The maximum absolute atomic E-state index is 4.67. The van der Waals surface area contributed by atoms with Crippen LogP contribution in [0.25, 0.3) is 11.3 Å². The molecule has 84 valence electrons. The predicted octanol–water partition coefficient (Wildman–Crippen LogP) is 3.40. The van der Waals surface area contributed by atoms with Crippen molar-refractivity contribution in [2.45, 2.75) is 19.9 Å². The number of nitrogens with zero attached hydrogens (tertiary/aromatic N) is 1. The molecule has 2 rings (SSSR count). The third-order valence-electron chi connectivity index (χ3n) is 2.75. The van der Waals surface area contributed by atoms with Crippen LogP contribution >= 0.6 is 11.3 Å². The molecule has 0 aliphatic rings. The summed E-state index contributed by atoms with van der Waals surface area (Å²) in [5.74, 6) is 0. The highest BCUT2D eigenvalue weighted by Gasteiger charge is 2.10. The molecule has 0 fully saturated rings. The Kier molecular flexibility index (Phi) is 3.36. The Balaban J connectivity index is 2.35. The van der Waals surface area contributed by atoms with Crippen LogP contribution in [0.3, 0.4) is 0 Å². The molecule has 0 saturated heterocycles. The molecule has 0 amide bonds. The number of aryl methyl sites for hydroxylation is 1. The summed E-state index contributed by atoms with van der Waals surface area (Å²) in [5.41, 5.74) is 3.59. The molecule has 0 saturated carbocycles. The zero-order valence-electron chi connectivity index (χ0n) is 9.82. The number of aromatic nitrogens is 1. The molecule has 0 spiro atoms. The minimum atomic E-state index is 0.322. The van der Waals surface area contributed by atoms with Crippen LogP contribution in [-0.4, -0.2) is 12.0 Å². The summed E-state index contributed by atoms with van der Waals surface area (Å²) in [6, 6.07) is 8.68. The van der Waals surface area contributed by atoms with Crippen LogP contribution in [0.15, 0.2) is 29.6 Å². The number of thiazole rings is 1. The standard InChI is InChI=1S/C13H16N2S/c1-9-6-4-5-7-11(9)12-8-16-13(15-12)10(2)14-3/h4-8,10,14H,1-3H3. The van der Waals surface area contributed by atoms with Gasteiger partial charge in [-0.1, -0.05) is 24.3 Å². The molecular formula is C13H16N2S. The van der Waals surface area contributed by atoms with E-state index in [1.165, 1.54) is 11.1 Å². The smallest absolute Gasteiger partial charge is 0.110 e. The maximum Gasteiger partial charge on any atom is 0.110 e. The highest BCUT2D eigenvalue weighted by Crippen LogP contribution is 2.27. The zero-order chi connectivity index (χ0) is 11.5. The molecule has 2 nitrogen and oxygen atoms in total. The fourth-order valence-corrected chi connectivity index (χ4v) is 2.48. The number of benzene rings is 1. The maximum atomic E-state index is 4.67. The second kappa shape index (κ2) is 4.76. The highest BCUT2D eigenvalue weighted by atomic mass is 32.1. The van der Waals surface area contributed by atoms with Gasteiger partial charge >= 0.3 is 0 Å². The van der Waals surface area contributed by atoms with Crippen LogP contribution in [0.1, 0.15) is 23.5 Å². The van der Waals surface area contributed by atoms with E-state index in [1.807, 2.05) is 7.05 Å². The first-order valence-corrected chi connectivity index (χ1v) is 6.29. The Bertz CT molecular complexity index is 476. The van der Waals surface area contributed by atoms with E-state index in [4.69, 9.17) is 0 Å². The normalized spacial score (nSPS) is 12.7. The first-order chi connectivity index (χ1) is 7.72. The van der Waals surface area contributed by atoms with Crippen molar-refractivity contribution >= 4 is 11.3 Å². The van der Waals surface area contributed by atoms with Crippen LogP contribution in [0.5, 0.6) is 0 Å². The van der Waals surface area contributed by atoms with Crippen molar-refractivity contribution in [3.05, 3.63) is 40.2 Å². The zero-order valence-corrected chi connectivity index (χ0v) is 10.6. The monoisotopic (exact) mass is 232 g/mol. The summed E-state index contributed by atoms with van der Waals surface area (Å²) < 4.78 is 0. The van der Waals surface area contributed by atoms with Crippen LogP contribution < -0.4 is 5.32 Å². The topological polar surface area (TPSA) is 24.9 Å². The van der Waals surface area contributed by atoms with E-state index in [0.29, 0.717) is 6.04 Å². The molecule has 0 bridgehead atoms. The van der Waals surface area contributed by atoms with Crippen molar-refractivity contribution in [2.24, 2.45) is 0 Å². The molecule has 1 heterocycles. The third-order valence-corrected chi connectivity index (χ3v) is 3.77. The lowest BCUT2D eigenvalue weighted by Gasteiger charge is -2.05. The first kappa shape index (κ1) is 11.3. The van der Waals surface area contributed by atoms with Gasteiger partial charge < -0.3 is 5.32 Å². The summed E-state index contributed by atoms with van der Waals surface area (Å²) in [5, 5.41) is 6.48. The molecule has 16 heavy (non-hydrogen) atoms. The van der Waals surface area contributed by atoms with Gasteiger partial charge in [-0.15, -0.1) is 11.3 Å². The molecule has 1 aromatic carbocycles. The van der Waals surface area contributed by atoms with E-state index in [-0.39, 0.29) is 0 Å². The number of nitrogens with one attached hydrogen (secondary N) is 1. The van der Waals surface area contributed by atoms with E-state index in [2.05, 4.69) is 53.8 Å². The number of rotatable bonds is 3. The van der Waals surface area contributed by atoms with Gasteiger partial charge in [0.15, 0.2) is 0 Å². The third kappa shape index (κ3) is 2.15. The summed E-state index contributed by atoms with van der Waals surface area (Å²) in [4.78, 5) is 4.67. The van der Waals surface area contributed by atoms with Gasteiger partial charge in [0.1, 0.15) is 5.01 Å². The quantitative estimate of drug-likeness (QED) is 0.877. The van der Waals surface area contributed by atoms with Gasteiger partial charge in [0.25, 0.3) is 0 Å². The van der Waals surface area contributed by atoms with E-state index >= 15 is 0 Å². The van der Waals surface area contributed by atoms with Crippen molar-refractivity contribution in [1.82, 2.24) is 10.3 Å². The van der Waals surface area contributed by atoms with Gasteiger partial charge in [0, 0.05) is 10.9 Å². The van der Waals surface area contributed by atoms with Gasteiger partial charge in [-0.25, -0.2) is 4.98 Å². The van der Waals surface area contributed by atoms with Crippen molar-refractivity contribution in [2.75, 3.05) is 7.05 Å². The molecule has 3 heteroatoms. The number of hydrogen-bond donors (Lipinski definition) is 1. The Morgan fingerprint density at radius 3 is 2.75 bits per heavy atom. The number of hydrogen-bond acceptors (Lipinski definition) is 3. The molecular weight excluding hydrogens is 216 g/mol. The van der Waals surface area contributed by atoms with Crippen molar-refractivity contribution < 1.29 is 0 Å². The minimum Gasteiger partial charge on any atom is -0.311 e. The fourth-order valence-electron chi connectivity index (χ4n) is 1.59. The fraction of sp³-hybridized carbons (Fsp3) is 0.308. The first-order valence-electron chi connectivity index (χ1n) is 5.41. The molecule has 0 aliphatic carbocycles. The predicted molar refractivity (Wildman–Crippen MR) is 69.8 cm³/mol. The Morgan fingerprint density at radius 2 is 2.06 bits per heavy atom. The highest BCUT2D eigenvalue weighted by molar-refractivity contribution is 7.10. The van der Waals surface area contributed by atoms with Crippen LogP contribution in [0.2, 0.25) is 0 Å². The van der Waals surface area contributed by atoms with Crippen molar-refractivity contribution in [3.63, 3.8) is 0 Å². The molecule has 0 radical (unpaired) electrons. The SMILES string of the molecule is CNC(C)c1nc(-c2ccccc2C)cs1. The molecule has 2 aromatic rings. The van der Waals surface area contributed by atoms with E-state index in [1.54, 1.807) is 11.3 Å². The van der Waals surface area contributed by atoms with Crippen LogP contribution in [-0.2, 0) is 0 Å². The van der Waals surface area contributed by atoms with E-state index in [0.717, 1.165) is 10.7 Å². The minimum absolute atomic E-state index is 0.322. The molecule has 1 unspecified atom stereocenters.